The first-order valence-corrected chi connectivity index (χ1v) is 4.97. The van der Waals surface area contributed by atoms with Crippen LogP contribution in [0.2, 0.25) is 0 Å². The fraction of sp³-hybridized carbons (Fsp3) is 0.727. The topological polar surface area (TPSA) is 41.1 Å². The van der Waals surface area contributed by atoms with Crippen molar-refractivity contribution >= 4 is 5.91 Å². The zero-order valence-electron chi connectivity index (χ0n) is 9.42. The van der Waals surface area contributed by atoms with Gasteiger partial charge in [0.2, 0.25) is 5.91 Å². The van der Waals surface area contributed by atoms with Gasteiger partial charge in [0.25, 0.3) is 0 Å². The van der Waals surface area contributed by atoms with Crippen LogP contribution in [-0.2, 0) is 4.79 Å². The summed E-state index contributed by atoms with van der Waals surface area (Å²) in [5.41, 5.74) is 0. The maximum absolute atomic E-state index is 11.5. The molecule has 2 N–H and O–H groups in total. The molecule has 0 aromatic rings. The minimum absolute atomic E-state index is 0.0175. The molecular weight excluding hydrogens is 176 g/mol. The number of terminal acetylenes is 1. The van der Waals surface area contributed by atoms with Crippen LogP contribution in [0.5, 0.6) is 0 Å². The minimum Gasteiger partial charge on any atom is -0.353 e. The van der Waals surface area contributed by atoms with Crippen LogP contribution in [0.1, 0.15) is 34.1 Å². The molecular formula is C11H20N2O. The van der Waals surface area contributed by atoms with Crippen LogP contribution in [0.3, 0.4) is 0 Å². The third-order valence-electron chi connectivity index (χ3n) is 1.78. The lowest BCUT2D eigenvalue weighted by Crippen LogP contribution is -2.47. The lowest BCUT2D eigenvalue weighted by Gasteiger charge is -2.19. The summed E-state index contributed by atoms with van der Waals surface area (Å²) in [4.78, 5) is 11.5. The molecule has 0 aliphatic carbocycles. The molecule has 80 valence electrons. The van der Waals surface area contributed by atoms with E-state index in [9.17, 15) is 4.79 Å². The highest BCUT2D eigenvalue weighted by Crippen LogP contribution is 1.92. The van der Waals surface area contributed by atoms with Crippen molar-refractivity contribution in [3.8, 4) is 12.3 Å². The number of amides is 1. The minimum atomic E-state index is -0.194. The molecule has 2 atom stereocenters. The van der Waals surface area contributed by atoms with E-state index in [0.717, 1.165) is 0 Å². The van der Waals surface area contributed by atoms with Gasteiger partial charge >= 0.3 is 0 Å². The first-order chi connectivity index (χ1) is 6.47. The molecule has 0 heterocycles. The first-order valence-electron chi connectivity index (χ1n) is 4.97. The van der Waals surface area contributed by atoms with Crippen LogP contribution in [0, 0.1) is 12.3 Å². The normalized spacial score (nSPS) is 14.6. The molecule has 0 rings (SSSR count). The molecule has 3 nitrogen and oxygen atoms in total. The molecule has 0 radical (unpaired) electrons. The zero-order valence-corrected chi connectivity index (χ0v) is 9.42. The number of hydrogen-bond acceptors (Lipinski definition) is 2. The number of hydrogen-bond donors (Lipinski definition) is 2. The zero-order chi connectivity index (χ0) is 11.1. The Labute approximate surface area is 86.6 Å². The second-order valence-corrected chi connectivity index (χ2v) is 3.86. The third-order valence-corrected chi connectivity index (χ3v) is 1.78. The van der Waals surface area contributed by atoms with Gasteiger partial charge in [-0.2, -0.15) is 0 Å². The Bertz CT molecular complexity index is 218. The lowest BCUT2D eigenvalue weighted by atomic mass is 10.2. The Morgan fingerprint density at radius 1 is 1.36 bits per heavy atom. The number of nitrogens with one attached hydrogen (secondary N) is 2. The van der Waals surface area contributed by atoms with Gasteiger partial charge < -0.3 is 10.6 Å². The predicted molar refractivity (Wildman–Crippen MR) is 58.8 cm³/mol. The Morgan fingerprint density at radius 3 is 2.36 bits per heavy atom. The van der Waals surface area contributed by atoms with E-state index < -0.39 is 0 Å². The summed E-state index contributed by atoms with van der Waals surface area (Å²) in [5.74, 6) is 2.58. The Morgan fingerprint density at radius 2 is 1.93 bits per heavy atom. The van der Waals surface area contributed by atoms with Gasteiger partial charge in [-0.1, -0.05) is 0 Å². The van der Waals surface area contributed by atoms with E-state index in [0.29, 0.717) is 6.42 Å². The van der Waals surface area contributed by atoms with Crippen molar-refractivity contribution in [1.29, 1.82) is 0 Å². The molecule has 0 aromatic heterocycles. The number of carbonyl (C=O) groups is 1. The van der Waals surface area contributed by atoms with E-state index in [1.54, 1.807) is 0 Å². The average Bonchev–Trinajstić information content (AvgIpc) is 2.02. The molecule has 0 saturated heterocycles. The van der Waals surface area contributed by atoms with Gasteiger partial charge in [-0.3, -0.25) is 4.79 Å². The van der Waals surface area contributed by atoms with Crippen molar-refractivity contribution in [3.05, 3.63) is 0 Å². The SMILES string of the molecule is C#CCC(C)NC(C)C(=O)NC(C)C. The highest BCUT2D eigenvalue weighted by Gasteiger charge is 2.14. The standard InChI is InChI=1S/C11H20N2O/c1-6-7-9(4)13-10(5)11(14)12-8(2)3/h1,8-10,13H,7H2,2-5H3,(H,12,14). The second kappa shape index (κ2) is 6.44. The van der Waals surface area contributed by atoms with E-state index in [2.05, 4.69) is 16.6 Å². The molecule has 0 aliphatic rings. The van der Waals surface area contributed by atoms with E-state index >= 15 is 0 Å². The maximum atomic E-state index is 11.5. The van der Waals surface area contributed by atoms with E-state index in [4.69, 9.17) is 6.42 Å². The lowest BCUT2D eigenvalue weighted by molar-refractivity contribution is -0.123. The summed E-state index contributed by atoms with van der Waals surface area (Å²) in [5, 5.41) is 5.97. The highest BCUT2D eigenvalue weighted by molar-refractivity contribution is 5.81. The van der Waals surface area contributed by atoms with Gasteiger partial charge in [0.1, 0.15) is 0 Å². The molecule has 1 amide bonds. The van der Waals surface area contributed by atoms with Gasteiger partial charge in [0.05, 0.1) is 6.04 Å². The molecule has 14 heavy (non-hydrogen) atoms. The molecule has 0 bridgehead atoms. The van der Waals surface area contributed by atoms with Gasteiger partial charge in [0, 0.05) is 18.5 Å². The van der Waals surface area contributed by atoms with Crippen LogP contribution >= 0.6 is 0 Å². The van der Waals surface area contributed by atoms with E-state index in [1.807, 2.05) is 27.7 Å². The van der Waals surface area contributed by atoms with Gasteiger partial charge in [-0.05, 0) is 27.7 Å². The molecule has 0 spiro atoms. The molecule has 0 aliphatic heterocycles. The van der Waals surface area contributed by atoms with Crippen molar-refractivity contribution in [2.75, 3.05) is 0 Å². The van der Waals surface area contributed by atoms with E-state index in [-0.39, 0.29) is 24.0 Å². The van der Waals surface area contributed by atoms with Crippen molar-refractivity contribution in [2.45, 2.75) is 52.2 Å². The van der Waals surface area contributed by atoms with E-state index in [1.165, 1.54) is 0 Å². The Kier molecular flexibility index (Phi) is 5.98. The summed E-state index contributed by atoms with van der Waals surface area (Å²) in [6, 6.07) is 0.156. The summed E-state index contributed by atoms with van der Waals surface area (Å²) >= 11 is 0. The summed E-state index contributed by atoms with van der Waals surface area (Å²) < 4.78 is 0. The van der Waals surface area contributed by atoms with Gasteiger partial charge in [0.15, 0.2) is 0 Å². The van der Waals surface area contributed by atoms with Crippen LogP contribution < -0.4 is 10.6 Å². The Hall–Kier alpha value is -1.01. The number of rotatable bonds is 5. The Balaban J connectivity index is 3.89. The maximum Gasteiger partial charge on any atom is 0.237 e. The molecule has 3 heteroatoms. The van der Waals surface area contributed by atoms with Crippen molar-refractivity contribution in [1.82, 2.24) is 10.6 Å². The van der Waals surface area contributed by atoms with Crippen LogP contribution in [0.4, 0.5) is 0 Å². The number of carbonyl (C=O) groups excluding carboxylic acids is 1. The molecule has 2 unspecified atom stereocenters. The third kappa shape index (κ3) is 5.60. The smallest absolute Gasteiger partial charge is 0.237 e. The average molecular weight is 196 g/mol. The molecule has 0 saturated carbocycles. The summed E-state index contributed by atoms with van der Waals surface area (Å²) in [6.45, 7) is 7.69. The summed E-state index contributed by atoms with van der Waals surface area (Å²) in [6.07, 6.45) is 5.81. The second-order valence-electron chi connectivity index (χ2n) is 3.86. The van der Waals surface area contributed by atoms with Crippen molar-refractivity contribution in [2.24, 2.45) is 0 Å². The van der Waals surface area contributed by atoms with Crippen molar-refractivity contribution in [3.63, 3.8) is 0 Å². The van der Waals surface area contributed by atoms with Gasteiger partial charge in [-0.25, -0.2) is 0 Å². The van der Waals surface area contributed by atoms with Gasteiger partial charge in [-0.15, -0.1) is 12.3 Å². The summed E-state index contributed by atoms with van der Waals surface area (Å²) in [7, 11) is 0. The van der Waals surface area contributed by atoms with Crippen molar-refractivity contribution < 1.29 is 4.79 Å². The fourth-order valence-electron chi connectivity index (χ4n) is 1.15. The highest BCUT2D eigenvalue weighted by atomic mass is 16.2. The van der Waals surface area contributed by atoms with Crippen LogP contribution in [0.15, 0.2) is 0 Å². The predicted octanol–water partition coefficient (Wildman–Crippen LogP) is 0.901. The molecule has 0 aromatic carbocycles. The fourth-order valence-corrected chi connectivity index (χ4v) is 1.15. The van der Waals surface area contributed by atoms with Crippen LogP contribution in [0.25, 0.3) is 0 Å². The monoisotopic (exact) mass is 196 g/mol. The largest absolute Gasteiger partial charge is 0.353 e. The molecule has 0 fully saturated rings. The first kappa shape index (κ1) is 13.0. The quantitative estimate of drug-likeness (QED) is 0.641. The van der Waals surface area contributed by atoms with Crippen LogP contribution in [-0.4, -0.2) is 24.0 Å².